The highest BCUT2D eigenvalue weighted by Gasteiger charge is 2.25. The fraction of sp³-hybridized carbons (Fsp3) is 0.625. The summed E-state index contributed by atoms with van der Waals surface area (Å²) in [6.07, 6.45) is 4.01. The number of halogens is 1. The van der Waals surface area contributed by atoms with E-state index in [2.05, 4.69) is 51.4 Å². The summed E-state index contributed by atoms with van der Waals surface area (Å²) in [5.74, 6) is 1.86. The Morgan fingerprint density at radius 2 is 2.30 bits per heavy atom. The van der Waals surface area contributed by atoms with E-state index in [9.17, 15) is 0 Å². The van der Waals surface area contributed by atoms with Gasteiger partial charge in [0.25, 0.3) is 0 Å². The molecule has 2 aliphatic rings. The lowest BCUT2D eigenvalue weighted by Crippen LogP contribution is -2.40. The van der Waals surface area contributed by atoms with Crippen molar-refractivity contribution >= 4 is 15.9 Å². The second-order valence-electron chi connectivity index (χ2n) is 6.13. The van der Waals surface area contributed by atoms with Gasteiger partial charge in [-0.25, -0.2) is 0 Å². The Morgan fingerprint density at radius 3 is 3.10 bits per heavy atom. The molecule has 2 aliphatic heterocycles. The molecule has 0 spiro atoms. The molecule has 0 radical (unpaired) electrons. The average Bonchev–Trinajstić information content (AvgIpc) is 2.80. The third-order valence-corrected chi connectivity index (χ3v) is 4.74. The fourth-order valence-corrected chi connectivity index (χ4v) is 3.74. The smallest absolute Gasteiger partial charge is 0.123 e. The Labute approximate surface area is 129 Å². The Bertz CT molecular complexity index is 460. The standard InChI is InChI=1S/C16H23BrN2O/c1-19(10-12-3-2-6-18-9-12)11-15-8-13-7-14(17)4-5-16(13)20-15/h4-5,7,12,15,18H,2-3,6,8-11H2,1H3. The monoisotopic (exact) mass is 338 g/mol. The molecular formula is C16H23BrN2O. The van der Waals surface area contributed by atoms with E-state index in [0.29, 0.717) is 6.10 Å². The maximum atomic E-state index is 6.04. The van der Waals surface area contributed by atoms with Crippen LogP contribution in [0.4, 0.5) is 0 Å². The predicted molar refractivity (Wildman–Crippen MR) is 85.4 cm³/mol. The van der Waals surface area contributed by atoms with Gasteiger partial charge in [0, 0.05) is 24.0 Å². The molecule has 2 atom stereocenters. The van der Waals surface area contributed by atoms with Gasteiger partial charge in [0.05, 0.1) is 0 Å². The lowest BCUT2D eigenvalue weighted by molar-refractivity contribution is 0.150. The van der Waals surface area contributed by atoms with Crippen molar-refractivity contribution in [1.82, 2.24) is 10.2 Å². The number of rotatable bonds is 4. The summed E-state index contributed by atoms with van der Waals surface area (Å²) in [4.78, 5) is 2.43. The summed E-state index contributed by atoms with van der Waals surface area (Å²) in [6, 6.07) is 6.31. The van der Waals surface area contributed by atoms with Crippen LogP contribution in [0.15, 0.2) is 22.7 Å². The van der Waals surface area contributed by atoms with E-state index in [1.165, 1.54) is 38.0 Å². The van der Waals surface area contributed by atoms with Gasteiger partial charge in [0.1, 0.15) is 11.9 Å². The molecule has 4 heteroatoms. The normalized spacial score (nSPS) is 25.6. The van der Waals surface area contributed by atoms with Crippen LogP contribution in [-0.2, 0) is 6.42 Å². The van der Waals surface area contributed by atoms with Crippen LogP contribution in [0.3, 0.4) is 0 Å². The minimum Gasteiger partial charge on any atom is -0.488 e. The van der Waals surface area contributed by atoms with Gasteiger partial charge in [-0.05, 0) is 62.7 Å². The van der Waals surface area contributed by atoms with Gasteiger partial charge in [-0.2, -0.15) is 0 Å². The molecule has 0 aromatic heterocycles. The first-order valence-corrected chi connectivity index (χ1v) is 8.34. The Kier molecular flexibility index (Phi) is 4.64. The van der Waals surface area contributed by atoms with Crippen LogP contribution in [0.5, 0.6) is 5.75 Å². The van der Waals surface area contributed by atoms with E-state index >= 15 is 0 Å². The zero-order chi connectivity index (χ0) is 13.9. The molecule has 110 valence electrons. The molecule has 3 rings (SSSR count). The van der Waals surface area contributed by atoms with Gasteiger partial charge in [-0.1, -0.05) is 15.9 Å². The highest BCUT2D eigenvalue weighted by molar-refractivity contribution is 9.10. The average molecular weight is 339 g/mol. The molecule has 1 saturated heterocycles. The zero-order valence-corrected chi connectivity index (χ0v) is 13.7. The van der Waals surface area contributed by atoms with Crippen LogP contribution in [-0.4, -0.2) is 44.2 Å². The fourth-order valence-electron chi connectivity index (χ4n) is 3.33. The van der Waals surface area contributed by atoms with E-state index in [1.807, 2.05) is 0 Å². The summed E-state index contributed by atoms with van der Waals surface area (Å²) in [7, 11) is 2.22. The van der Waals surface area contributed by atoms with Crippen molar-refractivity contribution in [2.75, 3.05) is 33.2 Å². The summed E-state index contributed by atoms with van der Waals surface area (Å²) >= 11 is 3.53. The van der Waals surface area contributed by atoms with Crippen LogP contribution >= 0.6 is 15.9 Å². The lowest BCUT2D eigenvalue weighted by atomic mass is 9.99. The predicted octanol–water partition coefficient (Wildman–Crippen LogP) is 2.68. The second kappa shape index (κ2) is 6.46. The number of nitrogens with one attached hydrogen (secondary N) is 1. The first-order valence-electron chi connectivity index (χ1n) is 7.55. The molecule has 1 aromatic carbocycles. The van der Waals surface area contributed by atoms with Crippen LogP contribution in [0.2, 0.25) is 0 Å². The quantitative estimate of drug-likeness (QED) is 0.913. The molecule has 0 amide bonds. The molecule has 0 aliphatic carbocycles. The minimum absolute atomic E-state index is 0.306. The lowest BCUT2D eigenvalue weighted by Gasteiger charge is -2.28. The molecule has 3 nitrogen and oxygen atoms in total. The van der Waals surface area contributed by atoms with Crippen molar-refractivity contribution in [2.45, 2.75) is 25.4 Å². The SMILES string of the molecule is CN(CC1CCCNC1)CC1Cc2cc(Br)ccc2O1. The number of piperidine rings is 1. The topological polar surface area (TPSA) is 24.5 Å². The van der Waals surface area contributed by atoms with Crippen LogP contribution in [0, 0.1) is 5.92 Å². The van der Waals surface area contributed by atoms with Crippen LogP contribution < -0.4 is 10.1 Å². The molecule has 0 saturated carbocycles. The van der Waals surface area contributed by atoms with E-state index in [0.717, 1.165) is 29.1 Å². The van der Waals surface area contributed by atoms with Crippen molar-refractivity contribution in [2.24, 2.45) is 5.92 Å². The zero-order valence-electron chi connectivity index (χ0n) is 12.1. The van der Waals surface area contributed by atoms with Gasteiger partial charge in [-0.3, -0.25) is 0 Å². The van der Waals surface area contributed by atoms with Crippen molar-refractivity contribution in [3.05, 3.63) is 28.2 Å². The van der Waals surface area contributed by atoms with Gasteiger partial charge in [-0.15, -0.1) is 0 Å². The van der Waals surface area contributed by atoms with Crippen molar-refractivity contribution in [3.8, 4) is 5.75 Å². The van der Waals surface area contributed by atoms with Crippen LogP contribution in [0.1, 0.15) is 18.4 Å². The number of nitrogens with zero attached hydrogens (tertiary/aromatic N) is 1. The van der Waals surface area contributed by atoms with Crippen molar-refractivity contribution in [1.29, 1.82) is 0 Å². The number of hydrogen-bond acceptors (Lipinski definition) is 3. The van der Waals surface area contributed by atoms with Crippen LogP contribution in [0.25, 0.3) is 0 Å². The first-order chi connectivity index (χ1) is 9.70. The Balaban J connectivity index is 1.49. The van der Waals surface area contributed by atoms with E-state index in [4.69, 9.17) is 4.74 Å². The molecule has 1 fully saturated rings. The summed E-state index contributed by atoms with van der Waals surface area (Å²) in [5, 5.41) is 3.49. The molecule has 2 unspecified atom stereocenters. The largest absolute Gasteiger partial charge is 0.488 e. The molecule has 1 aromatic rings. The maximum Gasteiger partial charge on any atom is 0.123 e. The number of benzene rings is 1. The third-order valence-electron chi connectivity index (χ3n) is 4.25. The number of likely N-dealkylation sites (N-methyl/N-ethyl adjacent to an activating group) is 1. The highest BCUT2D eigenvalue weighted by Crippen LogP contribution is 2.31. The summed E-state index contributed by atoms with van der Waals surface area (Å²) in [6.45, 7) is 4.55. The number of fused-ring (bicyclic) bond motifs is 1. The molecular weight excluding hydrogens is 316 g/mol. The highest BCUT2D eigenvalue weighted by atomic mass is 79.9. The summed E-state index contributed by atoms with van der Waals surface area (Å²) < 4.78 is 7.18. The molecule has 1 N–H and O–H groups in total. The third kappa shape index (κ3) is 3.54. The van der Waals surface area contributed by atoms with Gasteiger partial charge >= 0.3 is 0 Å². The van der Waals surface area contributed by atoms with Gasteiger partial charge in [0.15, 0.2) is 0 Å². The summed E-state index contributed by atoms with van der Waals surface area (Å²) in [5.41, 5.74) is 1.33. The number of hydrogen-bond donors (Lipinski definition) is 1. The van der Waals surface area contributed by atoms with E-state index in [1.54, 1.807) is 0 Å². The van der Waals surface area contributed by atoms with E-state index < -0.39 is 0 Å². The van der Waals surface area contributed by atoms with Crippen molar-refractivity contribution in [3.63, 3.8) is 0 Å². The number of ether oxygens (including phenoxy) is 1. The molecule has 20 heavy (non-hydrogen) atoms. The molecule has 2 heterocycles. The Hall–Kier alpha value is -0.580. The van der Waals surface area contributed by atoms with Crippen molar-refractivity contribution < 1.29 is 4.74 Å². The molecule has 0 bridgehead atoms. The van der Waals surface area contributed by atoms with E-state index in [-0.39, 0.29) is 0 Å². The Morgan fingerprint density at radius 1 is 1.40 bits per heavy atom. The van der Waals surface area contributed by atoms with Gasteiger partial charge in [0.2, 0.25) is 0 Å². The van der Waals surface area contributed by atoms with Gasteiger partial charge < -0.3 is 15.0 Å². The minimum atomic E-state index is 0.306. The first kappa shape index (κ1) is 14.4. The maximum absolute atomic E-state index is 6.04. The second-order valence-corrected chi connectivity index (χ2v) is 7.05.